The van der Waals surface area contributed by atoms with E-state index < -0.39 is 0 Å². The van der Waals surface area contributed by atoms with Gasteiger partial charge in [-0.25, -0.2) is 14.4 Å². The van der Waals surface area contributed by atoms with Gasteiger partial charge >= 0.3 is 0 Å². The van der Waals surface area contributed by atoms with Gasteiger partial charge in [0.2, 0.25) is 0 Å². The minimum Gasteiger partial charge on any atom is -0.491 e. The van der Waals surface area contributed by atoms with Gasteiger partial charge in [0.15, 0.2) is 5.82 Å². The number of halogens is 1. The first-order valence-electron chi connectivity index (χ1n) is 10.0. The highest BCUT2D eigenvalue weighted by atomic mass is 19.1. The molecule has 0 amide bonds. The van der Waals surface area contributed by atoms with Gasteiger partial charge in [0.05, 0.1) is 6.61 Å². The first kappa shape index (κ1) is 20.5. The van der Waals surface area contributed by atoms with E-state index in [0.717, 1.165) is 16.5 Å². The maximum Gasteiger partial charge on any atom is 0.163 e. The molecule has 5 nitrogen and oxygen atoms in total. The molecule has 1 N–H and O–H groups in total. The lowest BCUT2D eigenvalue weighted by Crippen LogP contribution is -2.03. The van der Waals surface area contributed by atoms with E-state index in [1.165, 1.54) is 6.07 Å². The summed E-state index contributed by atoms with van der Waals surface area (Å²) in [6.45, 7) is 6.34. The molecule has 0 spiro atoms. The van der Waals surface area contributed by atoms with E-state index >= 15 is 0 Å². The molecule has 0 atom stereocenters. The molecule has 156 valence electrons. The van der Waals surface area contributed by atoms with Crippen LogP contribution in [0.4, 0.5) is 10.2 Å². The molecule has 2 aromatic carbocycles. The number of benzene rings is 2. The zero-order chi connectivity index (χ0) is 21.8. The van der Waals surface area contributed by atoms with Gasteiger partial charge in [-0.05, 0) is 42.8 Å². The average Bonchev–Trinajstić information content (AvgIpc) is 2.79. The Bertz CT molecular complexity index is 1240. The van der Waals surface area contributed by atoms with E-state index in [1.807, 2.05) is 37.3 Å². The molecule has 0 saturated heterocycles. The number of hydrogen-bond acceptors (Lipinski definition) is 5. The Morgan fingerprint density at radius 1 is 1.10 bits per heavy atom. The number of pyridine rings is 1. The van der Waals surface area contributed by atoms with Crippen molar-refractivity contribution < 1.29 is 9.13 Å². The molecule has 4 aromatic rings. The summed E-state index contributed by atoms with van der Waals surface area (Å²) in [7, 11) is 1.80. The molecule has 0 unspecified atom stereocenters. The van der Waals surface area contributed by atoms with Crippen molar-refractivity contribution in [3.8, 4) is 28.3 Å². The van der Waals surface area contributed by atoms with Gasteiger partial charge in [0.1, 0.15) is 22.9 Å². The summed E-state index contributed by atoms with van der Waals surface area (Å²) < 4.78 is 20.6. The SMILES string of the molecule is C=C(C)CCOc1cc(-c2ccccc2F)cc2c(NC)nc(-c3cccnc3)nc12. The van der Waals surface area contributed by atoms with Gasteiger partial charge < -0.3 is 10.1 Å². The minimum absolute atomic E-state index is 0.298. The molecule has 0 aliphatic heterocycles. The Balaban J connectivity index is 1.93. The zero-order valence-electron chi connectivity index (χ0n) is 17.5. The van der Waals surface area contributed by atoms with Crippen LogP contribution in [0.5, 0.6) is 5.75 Å². The summed E-state index contributed by atoms with van der Waals surface area (Å²) in [5.74, 6) is 1.44. The predicted octanol–water partition coefficient (Wildman–Crippen LogP) is 5.88. The number of hydrogen-bond donors (Lipinski definition) is 1. The van der Waals surface area contributed by atoms with Crippen LogP contribution in [0.2, 0.25) is 0 Å². The number of fused-ring (bicyclic) bond motifs is 1. The van der Waals surface area contributed by atoms with Gasteiger partial charge in [-0.15, -0.1) is 6.58 Å². The molecule has 4 rings (SSSR count). The third-order valence-electron chi connectivity index (χ3n) is 4.89. The minimum atomic E-state index is -0.298. The van der Waals surface area contributed by atoms with E-state index in [1.54, 1.807) is 31.6 Å². The number of aromatic nitrogens is 3. The summed E-state index contributed by atoms with van der Waals surface area (Å²) in [6, 6.07) is 14.1. The smallest absolute Gasteiger partial charge is 0.163 e. The van der Waals surface area contributed by atoms with Crippen LogP contribution in [0, 0.1) is 5.82 Å². The average molecular weight is 414 g/mol. The van der Waals surface area contributed by atoms with Crippen LogP contribution in [-0.4, -0.2) is 28.6 Å². The Labute approximate surface area is 180 Å². The van der Waals surface area contributed by atoms with Gasteiger partial charge in [-0.1, -0.05) is 23.8 Å². The summed E-state index contributed by atoms with van der Waals surface area (Å²) in [5.41, 5.74) is 3.67. The van der Waals surface area contributed by atoms with Crippen molar-refractivity contribution in [3.05, 3.63) is 78.9 Å². The van der Waals surface area contributed by atoms with Gasteiger partial charge in [-0.3, -0.25) is 4.98 Å². The van der Waals surface area contributed by atoms with Crippen LogP contribution in [-0.2, 0) is 0 Å². The van der Waals surface area contributed by atoms with Crippen LogP contribution >= 0.6 is 0 Å². The molecule has 0 aliphatic rings. The van der Waals surface area contributed by atoms with Gasteiger partial charge in [-0.2, -0.15) is 0 Å². The molecule has 0 bridgehead atoms. The number of nitrogens with zero attached hydrogens (tertiary/aromatic N) is 3. The fraction of sp³-hybridized carbons (Fsp3) is 0.160. The van der Waals surface area contributed by atoms with E-state index in [9.17, 15) is 4.39 Å². The highest BCUT2D eigenvalue weighted by molar-refractivity contribution is 5.97. The first-order valence-corrected chi connectivity index (χ1v) is 10.0. The fourth-order valence-corrected chi connectivity index (χ4v) is 3.31. The fourth-order valence-electron chi connectivity index (χ4n) is 3.31. The largest absolute Gasteiger partial charge is 0.491 e. The van der Waals surface area contributed by atoms with Crippen molar-refractivity contribution in [1.82, 2.24) is 15.0 Å². The standard InChI is InChI=1S/C25H23FN4O/c1-16(2)10-12-31-22-14-18(19-8-4-5-9-21(19)26)13-20-23(22)29-24(30-25(20)27-3)17-7-6-11-28-15-17/h4-9,11,13-15H,1,10,12H2,2-3H3,(H,27,29,30). The van der Waals surface area contributed by atoms with Crippen LogP contribution in [0.1, 0.15) is 13.3 Å². The van der Waals surface area contributed by atoms with Crippen molar-refractivity contribution in [1.29, 1.82) is 0 Å². The van der Waals surface area contributed by atoms with E-state index in [4.69, 9.17) is 9.72 Å². The summed E-state index contributed by atoms with van der Waals surface area (Å²) in [5, 5.41) is 3.89. The molecule has 0 fully saturated rings. The van der Waals surface area contributed by atoms with Crippen LogP contribution in [0.25, 0.3) is 33.4 Å². The van der Waals surface area contributed by atoms with E-state index in [2.05, 4.69) is 21.9 Å². The van der Waals surface area contributed by atoms with Crippen molar-refractivity contribution in [3.63, 3.8) is 0 Å². The van der Waals surface area contributed by atoms with Crippen molar-refractivity contribution in [2.45, 2.75) is 13.3 Å². The Morgan fingerprint density at radius 2 is 1.94 bits per heavy atom. The second kappa shape index (κ2) is 8.92. The van der Waals surface area contributed by atoms with Crippen molar-refractivity contribution in [2.75, 3.05) is 19.0 Å². The first-order chi connectivity index (χ1) is 15.1. The van der Waals surface area contributed by atoms with Crippen molar-refractivity contribution >= 4 is 16.7 Å². The predicted molar refractivity (Wildman–Crippen MR) is 123 cm³/mol. The lowest BCUT2D eigenvalue weighted by atomic mass is 10.0. The monoisotopic (exact) mass is 414 g/mol. The maximum absolute atomic E-state index is 14.5. The molecular weight excluding hydrogens is 391 g/mol. The maximum atomic E-state index is 14.5. The highest BCUT2D eigenvalue weighted by Crippen LogP contribution is 2.36. The normalized spacial score (nSPS) is 10.8. The molecule has 0 radical (unpaired) electrons. The number of nitrogens with one attached hydrogen (secondary N) is 1. The Hall–Kier alpha value is -3.80. The second-order valence-corrected chi connectivity index (χ2v) is 7.29. The quantitative estimate of drug-likeness (QED) is 0.382. The molecule has 6 heteroatoms. The molecule has 0 aliphatic carbocycles. The molecular formula is C25H23FN4O. The number of ether oxygens (including phenoxy) is 1. The Morgan fingerprint density at radius 3 is 2.65 bits per heavy atom. The number of rotatable bonds is 7. The van der Waals surface area contributed by atoms with Crippen LogP contribution in [0.15, 0.2) is 73.1 Å². The second-order valence-electron chi connectivity index (χ2n) is 7.29. The molecule has 2 aromatic heterocycles. The lowest BCUT2D eigenvalue weighted by molar-refractivity contribution is 0.325. The van der Waals surface area contributed by atoms with Gasteiger partial charge in [0.25, 0.3) is 0 Å². The summed E-state index contributed by atoms with van der Waals surface area (Å²) in [6.07, 6.45) is 4.14. The summed E-state index contributed by atoms with van der Waals surface area (Å²) >= 11 is 0. The van der Waals surface area contributed by atoms with E-state index in [0.29, 0.717) is 47.1 Å². The third kappa shape index (κ3) is 4.38. The number of anilines is 1. The van der Waals surface area contributed by atoms with Crippen molar-refractivity contribution in [2.24, 2.45) is 0 Å². The highest BCUT2D eigenvalue weighted by Gasteiger charge is 2.16. The van der Waals surface area contributed by atoms with E-state index in [-0.39, 0.29) is 5.82 Å². The third-order valence-corrected chi connectivity index (χ3v) is 4.89. The van der Waals surface area contributed by atoms with Gasteiger partial charge in [0, 0.05) is 42.4 Å². The molecule has 0 saturated carbocycles. The Kier molecular flexibility index (Phi) is 5.89. The summed E-state index contributed by atoms with van der Waals surface area (Å²) in [4.78, 5) is 13.6. The zero-order valence-corrected chi connectivity index (χ0v) is 17.5. The molecule has 2 heterocycles. The van der Waals surface area contributed by atoms with Crippen LogP contribution in [0.3, 0.4) is 0 Å². The topological polar surface area (TPSA) is 59.9 Å². The van der Waals surface area contributed by atoms with Crippen LogP contribution < -0.4 is 10.1 Å². The molecule has 31 heavy (non-hydrogen) atoms. The lowest BCUT2D eigenvalue weighted by Gasteiger charge is -2.15.